The summed E-state index contributed by atoms with van der Waals surface area (Å²) in [5.41, 5.74) is 2.67. The molecule has 0 spiro atoms. The monoisotopic (exact) mass is 347 g/mol. The Morgan fingerprint density at radius 2 is 1.50 bits per heavy atom. The summed E-state index contributed by atoms with van der Waals surface area (Å²) >= 11 is 0. The van der Waals surface area contributed by atoms with E-state index in [0.717, 1.165) is 13.2 Å². The predicted molar refractivity (Wildman–Crippen MR) is 107 cm³/mol. The van der Waals surface area contributed by atoms with E-state index in [0.29, 0.717) is 6.04 Å². The quantitative estimate of drug-likeness (QED) is 0.502. The number of hydrogen-bond donors (Lipinski definition) is 1. The lowest BCUT2D eigenvalue weighted by atomic mass is 10.1. The Labute approximate surface area is 150 Å². The highest BCUT2D eigenvalue weighted by Crippen LogP contribution is 2.37. The molecule has 2 rings (SSSR count). The molecule has 0 heterocycles. The van der Waals surface area contributed by atoms with Crippen LogP contribution in [0.25, 0.3) is 0 Å². The summed E-state index contributed by atoms with van der Waals surface area (Å²) in [5.74, 6) is 0. The molecule has 0 radical (unpaired) electrons. The van der Waals surface area contributed by atoms with Gasteiger partial charge in [-0.15, -0.1) is 0 Å². The first-order chi connectivity index (χ1) is 11.3. The van der Waals surface area contributed by atoms with Gasteiger partial charge in [0.25, 0.3) is 0 Å². The molecular formula is C21H37NOSi. The largest absolute Gasteiger partial charge is 0.413 e. The third-order valence-electron chi connectivity index (χ3n) is 5.88. The fourth-order valence-electron chi connectivity index (χ4n) is 2.98. The molecule has 1 aromatic carbocycles. The van der Waals surface area contributed by atoms with Crippen LogP contribution in [0.15, 0.2) is 24.3 Å². The predicted octanol–water partition coefficient (Wildman–Crippen LogP) is 6.02. The van der Waals surface area contributed by atoms with Gasteiger partial charge in [-0.25, -0.2) is 0 Å². The van der Waals surface area contributed by atoms with E-state index < -0.39 is 8.32 Å². The maximum Gasteiger partial charge on any atom is 0.192 e. The maximum atomic E-state index is 6.31. The molecule has 1 N–H and O–H groups in total. The van der Waals surface area contributed by atoms with E-state index in [2.05, 4.69) is 63.4 Å². The highest BCUT2D eigenvalue weighted by molar-refractivity contribution is 6.74. The van der Waals surface area contributed by atoms with Gasteiger partial charge in [-0.1, -0.05) is 70.7 Å². The summed E-state index contributed by atoms with van der Waals surface area (Å²) in [7, 11) is -1.66. The van der Waals surface area contributed by atoms with E-state index in [4.69, 9.17) is 4.43 Å². The van der Waals surface area contributed by atoms with Crippen LogP contribution < -0.4 is 5.32 Å². The van der Waals surface area contributed by atoms with E-state index in [1.807, 2.05) is 0 Å². The third-order valence-corrected chi connectivity index (χ3v) is 10.4. The molecule has 0 aliphatic heterocycles. The lowest BCUT2D eigenvalue weighted by molar-refractivity contribution is 0.276. The fourth-order valence-corrected chi connectivity index (χ4v) is 3.94. The van der Waals surface area contributed by atoms with Crippen molar-refractivity contribution in [3.05, 3.63) is 35.4 Å². The van der Waals surface area contributed by atoms with Gasteiger partial charge in [0.1, 0.15) is 0 Å². The van der Waals surface area contributed by atoms with Crippen molar-refractivity contribution in [3.63, 3.8) is 0 Å². The van der Waals surface area contributed by atoms with Gasteiger partial charge >= 0.3 is 0 Å². The lowest BCUT2D eigenvalue weighted by Crippen LogP contribution is -2.40. The summed E-state index contributed by atoms with van der Waals surface area (Å²) in [5, 5.41) is 4.02. The summed E-state index contributed by atoms with van der Waals surface area (Å²) < 4.78 is 6.31. The Morgan fingerprint density at radius 3 is 2.04 bits per heavy atom. The number of benzene rings is 1. The second-order valence-electron chi connectivity index (χ2n) is 8.93. The van der Waals surface area contributed by atoms with Crippen LogP contribution in [0.4, 0.5) is 0 Å². The smallest absolute Gasteiger partial charge is 0.192 e. The zero-order valence-corrected chi connectivity index (χ0v) is 17.5. The fraction of sp³-hybridized carbons (Fsp3) is 0.714. The first-order valence-electron chi connectivity index (χ1n) is 9.73. The van der Waals surface area contributed by atoms with Crippen molar-refractivity contribution in [1.29, 1.82) is 0 Å². The standard InChI is InChI=1S/C21H37NOSi/c1-21(2,3)24(4,5)23-17-19-14-12-18(13-15-19)16-22-20-10-8-6-7-9-11-20/h12-15,20,22H,6-11,16-17H2,1-5H3. The van der Waals surface area contributed by atoms with Crippen LogP contribution in [-0.4, -0.2) is 14.4 Å². The molecule has 0 bridgehead atoms. The van der Waals surface area contributed by atoms with Gasteiger partial charge in [0.15, 0.2) is 8.32 Å². The molecule has 0 aromatic heterocycles. The number of hydrogen-bond acceptors (Lipinski definition) is 2. The van der Waals surface area contributed by atoms with Gasteiger partial charge < -0.3 is 9.74 Å². The third kappa shape index (κ3) is 6.02. The minimum absolute atomic E-state index is 0.273. The molecule has 1 saturated carbocycles. The van der Waals surface area contributed by atoms with Gasteiger partial charge in [-0.3, -0.25) is 0 Å². The molecule has 136 valence electrons. The van der Waals surface area contributed by atoms with Crippen molar-refractivity contribution in [1.82, 2.24) is 5.32 Å². The Morgan fingerprint density at radius 1 is 0.958 bits per heavy atom. The van der Waals surface area contributed by atoms with Gasteiger partial charge in [-0.2, -0.15) is 0 Å². The van der Waals surface area contributed by atoms with Gasteiger partial charge in [0.05, 0.1) is 6.61 Å². The van der Waals surface area contributed by atoms with Crippen LogP contribution in [-0.2, 0) is 17.6 Å². The molecule has 1 aliphatic carbocycles. The summed E-state index contributed by atoms with van der Waals surface area (Å²) in [6, 6.07) is 9.70. The Balaban J connectivity index is 1.80. The van der Waals surface area contributed by atoms with Crippen molar-refractivity contribution in [2.45, 2.75) is 96.6 Å². The van der Waals surface area contributed by atoms with Gasteiger partial charge in [-0.05, 0) is 42.1 Å². The van der Waals surface area contributed by atoms with E-state index >= 15 is 0 Å². The molecular weight excluding hydrogens is 310 g/mol. The topological polar surface area (TPSA) is 21.3 Å². The van der Waals surface area contributed by atoms with Crippen LogP contribution >= 0.6 is 0 Å². The SMILES string of the molecule is CC(C)(C)[Si](C)(C)OCc1ccc(CNC2CCCCCC2)cc1. The zero-order valence-electron chi connectivity index (χ0n) is 16.5. The molecule has 1 aliphatic rings. The second kappa shape index (κ2) is 8.64. The molecule has 0 saturated heterocycles. The van der Waals surface area contributed by atoms with Crippen LogP contribution in [0.2, 0.25) is 18.1 Å². The second-order valence-corrected chi connectivity index (χ2v) is 13.7. The van der Waals surface area contributed by atoms with E-state index in [-0.39, 0.29) is 5.04 Å². The maximum absolute atomic E-state index is 6.31. The Kier molecular flexibility index (Phi) is 7.08. The molecule has 1 aromatic rings. The average Bonchev–Trinajstić information content (AvgIpc) is 2.79. The van der Waals surface area contributed by atoms with Crippen molar-refractivity contribution in [2.24, 2.45) is 0 Å². The van der Waals surface area contributed by atoms with E-state index in [1.165, 1.54) is 49.7 Å². The van der Waals surface area contributed by atoms with Gasteiger partial charge in [0, 0.05) is 12.6 Å². The van der Waals surface area contributed by atoms with Gasteiger partial charge in [0.2, 0.25) is 0 Å². The van der Waals surface area contributed by atoms with E-state index in [9.17, 15) is 0 Å². The van der Waals surface area contributed by atoms with Crippen molar-refractivity contribution in [3.8, 4) is 0 Å². The molecule has 0 amide bonds. The van der Waals surface area contributed by atoms with E-state index in [1.54, 1.807) is 0 Å². The zero-order chi connectivity index (χ0) is 17.6. The van der Waals surface area contributed by atoms with Crippen molar-refractivity contribution < 1.29 is 4.43 Å². The van der Waals surface area contributed by atoms with Crippen LogP contribution in [0.3, 0.4) is 0 Å². The number of rotatable bonds is 6. The minimum atomic E-state index is -1.66. The minimum Gasteiger partial charge on any atom is -0.413 e. The summed E-state index contributed by atoms with van der Waals surface area (Å²) in [6.45, 7) is 13.3. The first-order valence-corrected chi connectivity index (χ1v) is 12.6. The summed E-state index contributed by atoms with van der Waals surface area (Å²) in [6.07, 6.45) is 8.31. The molecule has 24 heavy (non-hydrogen) atoms. The van der Waals surface area contributed by atoms with Crippen LogP contribution in [0, 0.1) is 0 Å². The molecule has 3 heteroatoms. The lowest BCUT2D eigenvalue weighted by Gasteiger charge is -2.36. The average molecular weight is 348 g/mol. The molecule has 0 unspecified atom stereocenters. The molecule has 0 atom stereocenters. The normalized spacial score (nSPS) is 17.7. The highest BCUT2D eigenvalue weighted by Gasteiger charge is 2.36. The first kappa shape index (κ1) is 19.7. The molecule has 2 nitrogen and oxygen atoms in total. The van der Waals surface area contributed by atoms with Crippen LogP contribution in [0.5, 0.6) is 0 Å². The van der Waals surface area contributed by atoms with Crippen molar-refractivity contribution in [2.75, 3.05) is 0 Å². The van der Waals surface area contributed by atoms with Crippen LogP contribution in [0.1, 0.15) is 70.4 Å². The molecule has 1 fully saturated rings. The Hall–Kier alpha value is -0.643. The highest BCUT2D eigenvalue weighted by atomic mass is 28.4. The Bertz CT molecular complexity index is 482. The number of nitrogens with one attached hydrogen (secondary N) is 1. The summed E-state index contributed by atoms with van der Waals surface area (Å²) in [4.78, 5) is 0. The van der Waals surface area contributed by atoms with Crippen molar-refractivity contribution >= 4 is 8.32 Å².